The minimum Gasteiger partial charge on any atom is -0.345 e. The van der Waals surface area contributed by atoms with Crippen molar-refractivity contribution < 1.29 is 0 Å². The fraction of sp³-hybridized carbons (Fsp3) is 0.786. The first-order valence-electron chi connectivity index (χ1n) is 7.24. The van der Waals surface area contributed by atoms with Gasteiger partial charge in [-0.1, -0.05) is 6.92 Å². The Morgan fingerprint density at radius 3 is 2.67 bits per heavy atom. The molecule has 3 rings (SSSR count). The first-order chi connectivity index (χ1) is 8.83. The molecule has 18 heavy (non-hydrogen) atoms. The van der Waals surface area contributed by atoms with E-state index < -0.39 is 0 Å². The van der Waals surface area contributed by atoms with Crippen molar-refractivity contribution in [1.29, 1.82) is 0 Å². The van der Waals surface area contributed by atoms with E-state index in [-0.39, 0.29) is 0 Å². The van der Waals surface area contributed by atoms with E-state index in [1.54, 1.807) is 0 Å². The van der Waals surface area contributed by atoms with Gasteiger partial charge in [0.25, 0.3) is 0 Å². The number of hydrogen-bond donors (Lipinski definition) is 1. The zero-order valence-corrected chi connectivity index (χ0v) is 12.2. The molecule has 1 aromatic heterocycles. The summed E-state index contributed by atoms with van der Waals surface area (Å²) in [4.78, 5) is 9.00. The van der Waals surface area contributed by atoms with Crippen LogP contribution in [0.2, 0.25) is 0 Å². The van der Waals surface area contributed by atoms with Crippen molar-refractivity contribution in [1.82, 2.24) is 10.3 Å². The molecule has 0 radical (unpaired) electrons. The van der Waals surface area contributed by atoms with E-state index in [9.17, 15) is 0 Å². The Hall–Kier alpha value is -0.610. The van der Waals surface area contributed by atoms with E-state index >= 15 is 0 Å². The van der Waals surface area contributed by atoms with Gasteiger partial charge < -0.3 is 10.2 Å². The van der Waals surface area contributed by atoms with Gasteiger partial charge in [-0.05, 0) is 39.2 Å². The maximum Gasteiger partial charge on any atom is 0.186 e. The molecule has 0 spiro atoms. The highest BCUT2D eigenvalue weighted by atomic mass is 32.1. The summed E-state index contributed by atoms with van der Waals surface area (Å²) < 4.78 is 0. The van der Waals surface area contributed by atoms with Crippen molar-refractivity contribution in [3.8, 4) is 0 Å². The number of aromatic nitrogens is 1. The van der Waals surface area contributed by atoms with Gasteiger partial charge in [-0.3, -0.25) is 0 Å². The number of nitrogens with one attached hydrogen (secondary N) is 1. The van der Waals surface area contributed by atoms with Crippen LogP contribution in [0.5, 0.6) is 0 Å². The number of nitrogens with zero attached hydrogens (tertiary/aromatic N) is 2. The van der Waals surface area contributed by atoms with Crippen molar-refractivity contribution >= 4 is 16.5 Å². The second kappa shape index (κ2) is 5.17. The van der Waals surface area contributed by atoms with Crippen LogP contribution in [0.25, 0.3) is 0 Å². The average Bonchev–Trinajstić information content (AvgIpc) is 3.25. The van der Waals surface area contributed by atoms with Gasteiger partial charge in [-0.25, -0.2) is 4.98 Å². The van der Waals surface area contributed by atoms with E-state index in [2.05, 4.69) is 17.1 Å². The smallest absolute Gasteiger partial charge is 0.186 e. The Balaban J connectivity index is 1.83. The van der Waals surface area contributed by atoms with E-state index in [1.165, 1.54) is 54.4 Å². The van der Waals surface area contributed by atoms with E-state index in [0.717, 1.165) is 18.5 Å². The first kappa shape index (κ1) is 12.4. The lowest BCUT2D eigenvalue weighted by Crippen LogP contribution is -2.26. The summed E-state index contributed by atoms with van der Waals surface area (Å²) in [5.74, 6) is 0.765. The molecule has 0 saturated heterocycles. The van der Waals surface area contributed by atoms with Gasteiger partial charge in [0.2, 0.25) is 0 Å². The van der Waals surface area contributed by atoms with Crippen LogP contribution in [-0.4, -0.2) is 24.6 Å². The van der Waals surface area contributed by atoms with Crippen molar-refractivity contribution in [2.24, 2.45) is 0 Å². The van der Waals surface area contributed by atoms with Crippen molar-refractivity contribution in [3.63, 3.8) is 0 Å². The molecule has 0 unspecified atom stereocenters. The Morgan fingerprint density at radius 2 is 2.11 bits per heavy atom. The minimum absolute atomic E-state index is 0.765. The van der Waals surface area contributed by atoms with Crippen LogP contribution >= 0.6 is 11.3 Å². The van der Waals surface area contributed by atoms with Crippen LogP contribution in [0.1, 0.15) is 55.5 Å². The molecule has 0 atom stereocenters. The second-order valence-electron chi connectivity index (χ2n) is 5.53. The SMILES string of the molecule is CCCN(c1nc(C2CC2)c(CNC)s1)C1CC1. The molecule has 0 aliphatic heterocycles. The standard InChI is InChI=1S/C14H23N3S/c1-3-8-17(11-6-7-11)14-16-13(10-4-5-10)12(18-14)9-15-2/h10-11,15H,3-9H2,1-2H3. The molecule has 2 aliphatic rings. The van der Waals surface area contributed by atoms with Crippen LogP contribution in [0.15, 0.2) is 0 Å². The minimum atomic E-state index is 0.765. The fourth-order valence-corrected chi connectivity index (χ4v) is 3.75. The highest BCUT2D eigenvalue weighted by molar-refractivity contribution is 7.15. The van der Waals surface area contributed by atoms with Gasteiger partial charge in [-0.15, -0.1) is 11.3 Å². The average molecular weight is 265 g/mol. The summed E-state index contributed by atoms with van der Waals surface area (Å²) in [6.45, 7) is 4.41. The highest BCUT2D eigenvalue weighted by Crippen LogP contribution is 2.45. The van der Waals surface area contributed by atoms with Gasteiger partial charge in [0, 0.05) is 29.9 Å². The molecule has 1 N–H and O–H groups in total. The zero-order chi connectivity index (χ0) is 12.5. The molecule has 4 heteroatoms. The fourth-order valence-electron chi connectivity index (χ4n) is 2.50. The third-order valence-corrected chi connectivity index (χ3v) is 4.82. The zero-order valence-electron chi connectivity index (χ0n) is 11.4. The van der Waals surface area contributed by atoms with Gasteiger partial charge in [-0.2, -0.15) is 0 Å². The quantitative estimate of drug-likeness (QED) is 0.821. The normalized spacial score (nSPS) is 19.2. The monoisotopic (exact) mass is 265 g/mol. The Bertz CT molecular complexity index is 407. The van der Waals surface area contributed by atoms with Crippen LogP contribution in [-0.2, 0) is 6.54 Å². The summed E-state index contributed by atoms with van der Waals surface area (Å²) in [7, 11) is 2.03. The Kier molecular flexibility index (Phi) is 3.57. The molecule has 1 aromatic rings. The second-order valence-corrected chi connectivity index (χ2v) is 6.60. The summed E-state index contributed by atoms with van der Waals surface area (Å²) >= 11 is 1.92. The molecule has 100 valence electrons. The summed E-state index contributed by atoms with van der Waals surface area (Å²) in [5.41, 5.74) is 1.39. The number of thiazole rings is 1. The van der Waals surface area contributed by atoms with Crippen LogP contribution < -0.4 is 10.2 Å². The lowest BCUT2D eigenvalue weighted by molar-refractivity contribution is 0.756. The third-order valence-electron chi connectivity index (χ3n) is 3.72. The van der Waals surface area contributed by atoms with E-state index in [0.29, 0.717) is 0 Å². The lowest BCUT2D eigenvalue weighted by Gasteiger charge is -2.20. The maximum absolute atomic E-state index is 4.98. The number of rotatable bonds is 7. The van der Waals surface area contributed by atoms with E-state index in [4.69, 9.17) is 4.98 Å². The van der Waals surface area contributed by atoms with Gasteiger partial charge >= 0.3 is 0 Å². The van der Waals surface area contributed by atoms with Crippen LogP contribution in [0.3, 0.4) is 0 Å². The molecular weight excluding hydrogens is 242 g/mol. The van der Waals surface area contributed by atoms with Gasteiger partial charge in [0.05, 0.1) is 5.69 Å². The lowest BCUT2D eigenvalue weighted by atomic mass is 10.2. The van der Waals surface area contributed by atoms with Gasteiger partial charge in [0.15, 0.2) is 5.13 Å². The van der Waals surface area contributed by atoms with Crippen molar-refractivity contribution in [2.45, 2.75) is 57.5 Å². The van der Waals surface area contributed by atoms with Crippen molar-refractivity contribution in [2.75, 3.05) is 18.5 Å². The summed E-state index contributed by atoms with van der Waals surface area (Å²) in [5, 5.41) is 4.57. The molecule has 2 aliphatic carbocycles. The number of anilines is 1. The molecule has 2 saturated carbocycles. The topological polar surface area (TPSA) is 28.2 Å². The van der Waals surface area contributed by atoms with E-state index in [1.807, 2.05) is 18.4 Å². The Labute approximate surface area is 114 Å². The molecule has 0 aromatic carbocycles. The summed E-state index contributed by atoms with van der Waals surface area (Å²) in [6.07, 6.45) is 6.63. The predicted octanol–water partition coefficient (Wildman–Crippen LogP) is 3.12. The van der Waals surface area contributed by atoms with Gasteiger partial charge in [0.1, 0.15) is 0 Å². The highest BCUT2D eigenvalue weighted by Gasteiger charge is 2.34. The third kappa shape index (κ3) is 2.54. The maximum atomic E-state index is 4.98. The molecule has 3 nitrogen and oxygen atoms in total. The summed E-state index contributed by atoms with van der Waals surface area (Å²) in [6, 6.07) is 0.783. The number of hydrogen-bond acceptors (Lipinski definition) is 4. The predicted molar refractivity (Wildman–Crippen MR) is 77.5 cm³/mol. The molecular formula is C14H23N3S. The first-order valence-corrected chi connectivity index (χ1v) is 8.06. The molecule has 1 heterocycles. The Morgan fingerprint density at radius 1 is 1.33 bits per heavy atom. The largest absolute Gasteiger partial charge is 0.345 e. The molecule has 0 amide bonds. The molecule has 0 bridgehead atoms. The molecule has 2 fully saturated rings. The van der Waals surface area contributed by atoms with Crippen LogP contribution in [0.4, 0.5) is 5.13 Å². The van der Waals surface area contributed by atoms with Crippen LogP contribution in [0, 0.1) is 0 Å². The van der Waals surface area contributed by atoms with Crippen molar-refractivity contribution in [3.05, 3.63) is 10.6 Å².